The number of para-hydroxylation sites is 1. The number of amides is 4. The SMILES string of the molecule is C[C@]1(c2ccc([N+](=O)[O-])cc2)NC(=O)N(CC(=O)Nc2c(Cl)cccc2Cl)C1=O. The minimum atomic E-state index is -1.46. The Hall–Kier alpha value is -3.17. The summed E-state index contributed by atoms with van der Waals surface area (Å²) < 4.78 is 0. The maximum absolute atomic E-state index is 12.9. The molecule has 29 heavy (non-hydrogen) atoms. The lowest BCUT2D eigenvalue weighted by Crippen LogP contribution is -2.42. The molecule has 1 heterocycles. The van der Waals surface area contributed by atoms with E-state index in [1.54, 1.807) is 6.07 Å². The Morgan fingerprint density at radius 2 is 1.76 bits per heavy atom. The summed E-state index contributed by atoms with van der Waals surface area (Å²) in [6.07, 6.45) is 0. The third kappa shape index (κ3) is 3.87. The highest BCUT2D eigenvalue weighted by atomic mass is 35.5. The number of nitro benzene ring substituents is 1. The predicted molar refractivity (Wildman–Crippen MR) is 106 cm³/mol. The van der Waals surface area contributed by atoms with Gasteiger partial charge >= 0.3 is 6.03 Å². The van der Waals surface area contributed by atoms with E-state index in [1.165, 1.54) is 43.3 Å². The molecule has 0 aliphatic carbocycles. The maximum atomic E-state index is 12.9. The molecule has 0 unspecified atom stereocenters. The van der Waals surface area contributed by atoms with Crippen LogP contribution >= 0.6 is 23.2 Å². The topological polar surface area (TPSA) is 122 Å². The number of imide groups is 1. The second-order valence-corrected chi connectivity index (χ2v) is 7.21. The number of nitrogens with one attached hydrogen (secondary N) is 2. The molecule has 2 aromatic rings. The van der Waals surface area contributed by atoms with Crippen molar-refractivity contribution in [3.63, 3.8) is 0 Å². The first kappa shape index (κ1) is 20.6. The van der Waals surface area contributed by atoms with Gasteiger partial charge in [-0.05, 0) is 36.8 Å². The molecule has 11 heteroatoms. The Labute approximate surface area is 174 Å². The lowest BCUT2D eigenvalue weighted by atomic mass is 9.92. The number of nitrogens with zero attached hydrogens (tertiary/aromatic N) is 2. The van der Waals surface area contributed by atoms with Crippen molar-refractivity contribution in [3.8, 4) is 0 Å². The molecule has 9 nitrogen and oxygen atoms in total. The highest BCUT2D eigenvalue weighted by Crippen LogP contribution is 2.31. The number of anilines is 1. The fourth-order valence-electron chi connectivity index (χ4n) is 2.89. The van der Waals surface area contributed by atoms with Gasteiger partial charge in [-0.2, -0.15) is 0 Å². The molecular formula is C18H14Cl2N4O5. The van der Waals surface area contributed by atoms with E-state index in [2.05, 4.69) is 10.6 Å². The molecule has 2 aromatic carbocycles. The van der Waals surface area contributed by atoms with Gasteiger partial charge in [0.15, 0.2) is 0 Å². The zero-order valence-electron chi connectivity index (χ0n) is 14.9. The molecule has 3 rings (SSSR count). The van der Waals surface area contributed by atoms with Gasteiger partial charge in [-0.25, -0.2) is 4.79 Å². The standard InChI is InChI=1S/C18H14Cl2N4O5/c1-18(10-5-7-11(8-6-10)24(28)29)16(26)23(17(27)22-18)9-14(25)21-15-12(19)3-2-4-13(15)20/h2-8H,9H2,1H3,(H,21,25)(H,22,27)/t18-/m1/s1. The minimum absolute atomic E-state index is 0.151. The van der Waals surface area contributed by atoms with Crippen LogP contribution in [0.15, 0.2) is 42.5 Å². The van der Waals surface area contributed by atoms with Crippen LogP contribution in [0.1, 0.15) is 12.5 Å². The molecule has 2 N–H and O–H groups in total. The number of urea groups is 1. The van der Waals surface area contributed by atoms with Crippen molar-refractivity contribution < 1.29 is 19.3 Å². The Balaban J connectivity index is 1.78. The average Bonchev–Trinajstić information content (AvgIpc) is 2.89. The quantitative estimate of drug-likeness (QED) is 0.422. The minimum Gasteiger partial charge on any atom is -0.322 e. The van der Waals surface area contributed by atoms with Crippen LogP contribution < -0.4 is 10.6 Å². The van der Waals surface area contributed by atoms with Crippen molar-refractivity contribution in [2.45, 2.75) is 12.5 Å². The van der Waals surface area contributed by atoms with Gasteiger partial charge < -0.3 is 10.6 Å². The molecule has 0 saturated carbocycles. The van der Waals surface area contributed by atoms with Crippen molar-refractivity contribution in [1.29, 1.82) is 0 Å². The largest absolute Gasteiger partial charge is 0.325 e. The number of nitro groups is 1. The summed E-state index contributed by atoms with van der Waals surface area (Å²) in [5.41, 5.74) is -1.10. The first-order valence-corrected chi connectivity index (χ1v) is 9.02. The van der Waals surface area contributed by atoms with E-state index < -0.39 is 34.9 Å². The van der Waals surface area contributed by atoms with Crippen LogP contribution in [0.25, 0.3) is 0 Å². The van der Waals surface area contributed by atoms with E-state index in [9.17, 15) is 24.5 Å². The summed E-state index contributed by atoms with van der Waals surface area (Å²) in [7, 11) is 0. The van der Waals surface area contributed by atoms with Crippen LogP contribution in [0.4, 0.5) is 16.2 Å². The highest BCUT2D eigenvalue weighted by Gasteiger charge is 2.49. The maximum Gasteiger partial charge on any atom is 0.325 e. The van der Waals surface area contributed by atoms with Crippen molar-refractivity contribution in [1.82, 2.24) is 10.2 Å². The summed E-state index contributed by atoms with van der Waals surface area (Å²) in [6, 6.07) is 9.12. The molecule has 4 amide bonds. The van der Waals surface area contributed by atoms with E-state index >= 15 is 0 Å². The van der Waals surface area contributed by atoms with Crippen LogP contribution in [-0.2, 0) is 15.1 Å². The summed E-state index contributed by atoms with van der Waals surface area (Å²) >= 11 is 12.0. The molecule has 1 fully saturated rings. The van der Waals surface area contributed by atoms with Gasteiger partial charge in [-0.3, -0.25) is 24.6 Å². The summed E-state index contributed by atoms with van der Waals surface area (Å²) in [5, 5.41) is 16.2. The molecule has 1 aliphatic rings. The van der Waals surface area contributed by atoms with Crippen molar-refractivity contribution >= 4 is 52.4 Å². The molecule has 1 aliphatic heterocycles. The van der Waals surface area contributed by atoms with Crippen molar-refractivity contribution in [2.75, 3.05) is 11.9 Å². The van der Waals surface area contributed by atoms with Gasteiger partial charge in [-0.15, -0.1) is 0 Å². The molecule has 1 saturated heterocycles. The van der Waals surface area contributed by atoms with Gasteiger partial charge in [-0.1, -0.05) is 29.3 Å². The second kappa shape index (κ2) is 7.69. The highest BCUT2D eigenvalue weighted by molar-refractivity contribution is 6.39. The molecule has 0 aromatic heterocycles. The molecule has 0 bridgehead atoms. The zero-order chi connectivity index (χ0) is 21.3. The van der Waals surface area contributed by atoms with Crippen molar-refractivity contribution in [2.24, 2.45) is 0 Å². The zero-order valence-corrected chi connectivity index (χ0v) is 16.5. The third-order valence-electron chi connectivity index (χ3n) is 4.46. The Kier molecular flexibility index (Phi) is 5.45. The van der Waals surface area contributed by atoms with Crippen LogP contribution in [0.2, 0.25) is 10.0 Å². The number of non-ortho nitro benzene ring substituents is 1. The van der Waals surface area contributed by atoms with E-state index in [-0.39, 0.29) is 21.4 Å². The number of hydrogen-bond acceptors (Lipinski definition) is 5. The first-order valence-electron chi connectivity index (χ1n) is 8.26. The Morgan fingerprint density at radius 3 is 2.31 bits per heavy atom. The van der Waals surface area contributed by atoms with E-state index in [1.807, 2.05) is 0 Å². The fraction of sp³-hybridized carbons (Fsp3) is 0.167. The molecule has 1 atom stereocenters. The lowest BCUT2D eigenvalue weighted by Gasteiger charge is -2.22. The van der Waals surface area contributed by atoms with E-state index in [0.717, 1.165) is 4.90 Å². The van der Waals surface area contributed by atoms with Crippen molar-refractivity contribution in [3.05, 3.63) is 68.2 Å². The molecule has 150 valence electrons. The van der Waals surface area contributed by atoms with Gasteiger partial charge in [0.05, 0.1) is 20.7 Å². The molecule has 0 radical (unpaired) electrons. The van der Waals surface area contributed by atoms with Gasteiger partial charge in [0, 0.05) is 12.1 Å². The predicted octanol–water partition coefficient (Wildman–Crippen LogP) is 3.31. The van der Waals surface area contributed by atoms with Gasteiger partial charge in [0.2, 0.25) is 5.91 Å². The average molecular weight is 437 g/mol. The summed E-state index contributed by atoms with van der Waals surface area (Å²) in [4.78, 5) is 48.5. The smallest absolute Gasteiger partial charge is 0.322 e. The number of rotatable bonds is 5. The Morgan fingerprint density at radius 1 is 1.17 bits per heavy atom. The van der Waals surface area contributed by atoms with Crippen LogP contribution in [0.5, 0.6) is 0 Å². The number of halogens is 2. The lowest BCUT2D eigenvalue weighted by molar-refractivity contribution is -0.384. The third-order valence-corrected chi connectivity index (χ3v) is 5.09. The second-order valence-electron chi connectivity index (χ2n) is 6.40. The Bertz CT molecular complexity index is 1010. The number of benzene rings is 2. The number of carbonyl (C=O) groups is 3. The number of carbonyl (C=O) groups excluding carboxylic acids is 3. The molecular weight excluding hydrogens is 423 g/mol. The van der Waals surface area contributed by atoms with Crippen LogP contribution in [0.3, 0.4) is 0 Å². The fourth-order valence-corrected chi connectivity index (χ4v) is 3.38. The summed E-state index contributed by atoms with van der Waals surface area (Å²) in [6.45, 7) is 0.895. The van der Waals surface area contributed by atoms with E-state index in [4.69, 9.17) is 23.2 Å². The van der Waals surface area contributed by atoms with Gasteiger partial charge in [0.25, 0.3) is 11.6 Å². The van der Waals surface area contributed by atoms with Gasteiger partial charge in [0.1, 0.15) is 12.1 Å². The normalized spacial score (nSPS) is 18.5. The first-order chi connectivity index (χ1) is 13.6. The molecule has 0 spiro atoms. The van der Waals surface area contributed by atoms with Crippen LogP contribution in [0, 0.1) is 10.1 Å². The number of hydrogen-bond donors (Lipinski definition) is 2. The van der Waals surface area contributed by atoms with Crippen LogP contribution in [-0.4, -0.2) is 34.2 Å². The summed E-state index contributed by atoms with van der Waals surface area (Å²) in [5.74, 6) is -1.34. The monoisotopic (exact) mass is 436 g/mol. The van der Waals surface area contributed by atoms with E-state index in [0.29, 0.717) is 5.56 Å².